The number of nitrogens with one attached hydrogen (secondary N) is 1. The maximum absolute atomic E-state index is 10.1. The third kappa shape index (κ3) is 5.70. The van der Waals surface area contributed by atoms with Crippen LogP contribution in [0.1, 0.15) is 56.6 Å². The number of rotatable bonds is 4. The van der Waals surface area contributed by atoms with Gasteiger partial charge in [-0.15, -0.1) is 12.4 Å². The highest BCUT2D eigenvalue weighted by atomic mass is 35.5. The molecule has 0 saturated heterocycles. The highest BCUT2D eigenvalue weighted by molar-refractivity contribution is 5.85. The number of benzene rings is 1. The molecule has 1 aliphatic rings. The number of phenolic OH excluding ortho intramolecular Hbond substituents is 1. The summed E-state index contributed by atoms with van der Waals surface area (Å²) in [5, 5.41) is 22.8. The van der Waals surface area contributed by atoms with Crippen molar-refractivity contribution in [3.8, 4) is 5.75 Å². The molecule has 4 heteroatoms. The summed E-state index contributed by atoms with van der Waals surface area (Å²) in [4.78, 5) is 0. The highest BCUT2D eigenvalue weighted by Crippen LogP contribution is 2.19. The molecule has 20 heavy (non-hydrogen) atoms. The molecule has 0 spiro atoms. The van der Waals surface area contributed by atoms with Gasteiger partial charge in [-0.1, -0.05) is 44.2 Å². The lowest BCUT2D eigenvalue weighted by Crippen LogP contribution is -2.33. The summed E-state index contributed by atoms with van der Waals surface area (Å²) in [6.45, 7) is 0.593. The van der Waals surface area contributed by atoms with Crippen LogP contribution in [0.2, 0.25) is 0 Å². The van der Waals surface area contributed by atoms with Crippen molar-refractivity contribution in [3.63, 3.8) is 0 Å². The SMILES string of the molecule is Cl.Oc1ccc(C(O)CNC2CCCCCCC2)cc1. The molecule has 1 fully saturated rings. The molecule has 2 rings (SSSR count). The quantitative estimate of drug-likeness (QED) is 0.797. The van der Waals surface area contributed by atoms with Crippen molar-refractivity contribution in [3.05, 3.63) is 29.8 Å². The molecule has 1 saturated carbocycles. The maximum Gasteiger partial charge on any atom is 0.115 e. The van der Waals surface area contributed by atoms with E-state index in [9.17, 15) is 10.2 Å². The van der Waals surface area contributed by atoms with Gasteiger partial charge in [0.2, 0.25) is 0 Å². The molecular weight excluding hydrogens is 274 g/mol. The normalized spacial score (nSPS) is 18.6. The van der Waals surface area contributed by atoms with Crippen molar-refractivity contribution in [1.82, 2.24) is 5.32 Å². The Morgan fingerprint density at radius 1 is 1.00 bits per heavy atom. The van der Waals surface area contributed by atoms with Crippen LogP contribution < -0.4 is 5.32 Å². The lowest BCUT2D eigenvalue weighted by atomic mass is 9.96. The predicted octanol–water partition coefficient (Wildman–Crippen LogP) is 3.55. The first-order chi connectivity index (χ1) is 9.25. The zero-order valence-electron chi connectivity index (χ0n) is 11.9. The van der Waals surface area contributed by atoms with E-state index in [2.05, 4.69) is 5.32 Å². The number of aliphatic hydroxyl groups excluding tert-OH is 1. The topological polar surface area (TPSA) is 52.5 Å². The van der Waals surface area contributed by atoms with Crippen molar-refractivity contribution >= 4 is 12.4 Å². The second-order valence-corrected chi connectivity index (χ2v) is 5.56. The minimum Gasteiger partial charge on any atom is -0.508 e. The van der Waals surface area contributed by atoms with E-state index in [-0.39, 0.29) is 18.2 Å². The molecule has 0 aliphatic heterocycles. The summed E-state index contributed by atoms with van der Waals surface area (Å²) >= 11 is 0. The van der Waals surface area contributed by atoms with Gasteiger partial charge in [0.15, 0.2) is 0 Å². The highest BCUT2D eigenvalue weighted by Gasteiger charge is 2.13. The standard InChI is InChI=1S/C16H25NO2.ClH/c18-15-10-8-13(9-11-15)16(19)12-17-14-6-4-2-1-3-5-7-14;/h8-11,14,16-19H,1-7,12H2;1H. The number of hydrogen-bond acceptors (Lipinski definition) is 3. The van der Waals surface area contributed by atoms with Gasteiger partial charge in [-0.3, -0.25) is 0 Å². The van der Waals surface area contributed by atoms with E-state index < -0.39 is 6.10 Å². The smallest absolute Gasteiger partial charge is 0.115 e. The van der Waals surface area contributed by atoms with Gasteiger partial charge in [-0.05, 0) is 30.5 Å². The molecule has 1 aromatic carbocycles. The second-order valence-electron chi connectivity index (χ2n) is 5.56. The summed E-state index contributed by atoms with van der Waals surface area (Å²) in [6.07, 6.45) is 8.62. The van der Waals surface area contributed by atoms with Crippen molar-refractivity contribution < 1.29 is 10.2 Å². The Kier molecular flexibility index (Phi) is 7.97. The van der Waals surface area contributed by atoms with E-state index in [0.29, 0.717) is 12.6 Å². The summed E-state index contributed by atoms with van der Waals surface area (Å²) in [7, 11) is 0. The van der Waals surface area contributed by atoms with Gasteiger partial charge in [0.05, 0.1) is 6.10 Å². The van der Waals surface area contributed by atoms with E-state index >= 15 is 0 Å². The van der Waals surface area contributed by atoms with Crippen LogP contribution in [-0.4, -0.2) is 22.8 Å². The predicted molar refractivity (Wildman–Crippen MR) is 84.4 cm³/mol. The van der Waals surface area contributed by atoms with Crippen molar-refractivity contribution in [2.45, 2.75) is 57.1 Å². The molecule has 1 aromatic rings. The van der Waals surface area contributed by atoms with Gasteiger partial charge in [0.1, 0.15) is 5.75 Å². The first-order valence-corrected chi connectivity index (χ1v) is 7.46. The second kappa shape index (κ2) is 9.22. The van der Waals surface area contributed by atoms with Crippen LogP contribution >= 0.6 is 12.4 Å². The van der Waals surface area contributed by atoms with Gasteiger partial charge in [0.25, 0.3) is 0 Å². The molecule has 0 aromatic heterocycles. The molecule has 3 nitrogen and oxygen atoms in total. The Balaban J connectivity index is 0.00000200. The van der Waals surface area contributed by atoms with E-state index in [4.69, 9.17) is 0 Å². The van der Waals surface area contributed by atoms with Crippen LogP contribution in [0.25, 0.3) is 0 Å². The molecule has 0 radical (unpaired) electrons. The molecule has 0 bridgehead atoms. The third-order valence-corrected chi connectivity index (χ3v) is 3.98. The lowest BCUT2D eigenvalue weighted by molar-refractivity contribution is 0.166. The van der Waals surface area contributed by atoms with E-state index in [1.807, 2.05) is 0 Å². The largest absolute Gasteiger partial charge is 0.508 e. The molecule has 1 unspecified atom stereocenters. The number of phenols is 1. The van der Waals surface area contributed by atoms with Crippen molar-refractivity contribution in [2.24, 2.45) is 0 Å². The number of halogens is 1. The van der Waals surface area contributed by atoms with Gasteiger partial charge in [-0.25, -0.2) is 0 Å². The lowest BCUT2D eigenvalue weighted by Gasteiger charge is -2.22. The van der Waals surface area contributed by atoms with E-state index in [1.54, 1.807) is 24.3 Å². The van der Waals surface area contributed by atoms with Gasteiger partial charge in [-0.2, -0.15) is 0 Å². The molecule has 1 aliphatic carbocycles. The van der Waals surface area contributed by atoms with Crippen molar-refractivity contribution in [1.29, 1.82) is 0 Å². The molecular formula is C16H26ClNO2. The first-order valence-electron chi connectivity index (χ1n) is 7.46. The summed E-state index contributed by atoms with van der Waals surface area (Å²) in [6, 6.07) is 7.34. The zero-order valence-corrected chi connectivity index (χ0v) is 12.7. The fraction of sp³-hybridized carbons (Fsp3) is 0.625. The average Bonchev–Trinajstić information content (AvgIpc) is 2.38. The monoisotopic (exact) mass is 299 g/mol. The van der Waals surface area contributed by atoms with Gasteiger partial charge >= 0.3 is 0 Å². The number of hydrogen-bond donors (Lipinski definition) is 3. The maximum atomic E-state index is 10.1. The van der Waals surface area contributed by atoms with Crippen molar-refractivity contribution in [2.75, 3.05) is 6.54 Å². The average molecular weight is 300 g/mol. The van der Waals surface area contributed by atoms with Crippen LogP contribution in [0, 0.1) is 0 Å². The molecule has 114 valence electrons. The Bertz CT molecular complexity index is 361. The van der Waals surface area contributed by atoms with Gasteiger partial charge < -0.3 is 15.5 Å². The Morgan fingerprint density at radius 3 is 2.15 bits per heavy atom. The van der Waals surface area contributed by atoms with Crippen LogP contribution in [0.5, 0.6) is 5.75 Å². The molecule has 3 N–H and O–H groups in total. The summed E-state index contributed by atoms with van der Waals surface area (Å²) in [5.41, 5.74) is 0.858. The number of aliphatic hydroxyl groups is 1. The van der Waals surface area contributed by atoms with E-state index in [1.165, 1.54) is 44.9 Å². The molecule has 0 amide bonds. The van der Waals surface area contributed by atoms with E-state index in [0.717, 1.165) is 5.56 Å². The van der Waals surface area contributed by atoms with Crippen LogP contribution in [0.3, 0.4) is 0 Å². The molecule has 0 heterocycles. The summed E-state index contributed by atoms with van der Waals surface area (Å²) in [5.74, 6) is 0.240. The third-order valence-electron chi connectivity index (χ3n) is 3.98. The van der Waals surface area contributed by atoms with Gasteiger partial charge in [0, 0.05) is 12.6 Å². The Morgan fingerprint density at radius 2 is 1.55 bits per heavy atom. The van der Waals surface area contributed by atoms with Crippen LogP contribution in [-0.2, 0) is 0 Å². The fourth-order valence-electron chi connectivity index (χ4n) is 2.75. The Hall–Kier alpha value is -0.770. The minimum atomic E-state index is -0.494. The first kappa shape index (κ1) is 17.3. The summed E-state index contributed by atoms with van der Waals surface area (Å²) < 4.78 is 0. The van der Waals surface area contributed by atoms with Crippen LogP contribution in [0.4, 0.5) is 0 Å². The molecule has 1 atom stereocenters. The number of aromatic hydroxyl groups is 1. The Labute approximate surface area is 127 Å². The minimum absolute atomic E-state index is 0. The fourth-order valence-corrected chi connectivity index (χ4v) is 2.75. The van der Waals surface area contributed by atoms with Crippen LogP contribution in [0.15, 0.2) is 24.3 Å². The zero-order chi connectivity index (χ0) is 13.5.